The second-order valence-electron chi connectivity index (χ2n) is 7.56. The Morgan fingerprint density at radius 1 is 1.10 bits per heavy atom. The minimum atomic E-state index is -0.266. The van der Waals surface area contributed by atoms with E-state index in [1.54, 1.807) is 17.9 Å². The number of rotatable bonds is 8. The molecule has 9 nitrogen and oxygen atoms in total. The lowest BCUT2D eigenvalue weighted by Crippen LogP contribution is -2.41. The topological polar surface area (TPSA) is 86.3 Å². The van der Waals surface area contributed by atoms with Gasteiger partial charge >= 0.3 is 5.69 Å². The molecule has 1 N–H and O–H groups in total. The molecule has 1 aromatic carbocycles. The molecule has 3 aromatic rings. The van der Waals surface area contributed by atoms with Crippen molar-refractivity contribution in [2.75, 3.05) is 24.0 Å². The van der Waals surface area contributed by atoms with Crippen molar-refractivity contribution < 1.29 is 4.74 Å². The molecule has 3 heterocycles. The molecule has 0 aliphatic carbocycles. The average Bonchev–Trinajstić information content (AvgIpc) is 3.42. The summed E-state index contributed by atoms with van der Waals surface area (Å²) in [5.74, 6) is 1.42. The van der Waals surface area contributed by atoms with E-state index < -0.39 is 0 Å². The number of ether oxygens (including phenoxy) is 1. The predicted octanol–water partition coefficient (Wildman–Crippen LogP) is 2.60. The maximum atomic E-state index is 13.1. The number of hydrogen-bond donors (Lipinski definition) is 1. The van der Waals surface area contributed by atoms with Gasteiger partial charge in [0.1, 0.15) is 17.3 Å². The summed E-state index contributed by atoms with van der Waals surface area (Å²) in [5.41, 5.74) is 1.78. The minimum Gasteiger partial charge on any atom is -0.496 e. The van der Waals surface area contributed by atoms with Gasteiger partial charge in [0.15, 0.2) is 0 Å². The number of aromatic nitrogens is 4. The van der Waals surface area contributed by atoms with Gasteiger partial charge in [0.2, 0.25) is 0 Å². The zero-order valence-electron chi connectivity index (χ0n) is 18.2. The normalized spacial score (nSPS) is 12.7. The van der Waals surface area contributed by atoms with E-state index in [9.17, 15) is 9.59 Å². The summed E-state index contributed by atoms with van der Waals surface area (Å²) in [7, 11) is 1.65. The molecule has 0 saturated heterocycles. The molecule has 0 unspecified atom stereocenters. The number of methoxy groups -OCH3 is 1. The van der Waals surface area contributed by atoms with Gasteiger partial charge in [-0.25, -0.2) is 4.79 Å². The van der Waals surface area contributed by atoms with Gasteiger partial charge in [-0.15, -0.1) is 0 Å². The zero-order valence-corrected chi connectivity index (χ0v) is 18.2. The minimum absolute atomic E-state index is 0.262. The molecule has 1 aliphatic rings. The van der Waals surface area contributed by atoms with E-state index in [4.69, 9.17) is 4.74 Å². The van der Waals surface area contributed by atoms with Crippen LogP contribution in [0.3, 0.4) is 0 Å². The Kier molecular flexibility index (Phi) is 5.83. The second-order valence-corrected chi connectivity index (χ2v) is 7.56. The van der Waals surface area contributed by atoms with E-state index in [-0.39, 0.29) is 11.2 Å². The highest BCUT2D eigenvalue weighted by atomic mass is 16.5. The number of benzene rings is 1. The predicted molar refractivity (Wildman–Crippen MR) is 120 cm³/mol. The van der Waals surface area contributed by atoms with Crippen LogP contribution in [0.15, 0.2) is 46.2 Å². The van der Waals surface area contributed by atoms with Crippen LogP contribution in [0.1, 0.15) is 32.3 Å². The summed E-state index contributed by atoms with van der Waals surface area (Å²) in [4.78, 5) is 27.9. The van der Waals surface area contributed by atoms with E-state index in [0.29, 0.717) is 37.8 Å². The maximum Gasteiger partial charge on any atom is 0.332 e. The van der Waals surface area contributed by atoms with Crippen molar-refractivity contribution in [1.82, 2.24) is 18.9 Å². The summed E-state index contributed by atoms with van der Waals surface area (Å²) >= 11 is 0. The van der Waals surface area contributed by atoms with Crippen LogP contribution < -0.4 is 26.2 Å². The molecule has 4 rings (SSSR count). The SMILES string of the molecule is CCCn1c2c(c(=O)n(CCC)c1=O)NCN2c1cnn(Cc2ccccc2OC)c1. The Bertz CT molecular complexity index is 1190. The van der Waals surface area contributed by atoms with E-state index in [2.05, 4.69) is 10.4 Å². The van der Waals surface area contributed by atoms with E-state index in [1.165, 1.54) is 4.57 Å². The largest absolute Gasteiger partial charge is 0.496 e. The first-order chi connectivity index (χ1) is 15.1. The fourth-order valence-electron chi connectivity index (χ4n) is 4.00. The van der Waals surface area contributed by atoms with Crippen LogP contribution in [0.25, 0.3) is 0 Å². The Morgan fingerprint density at radius 2 is 1.84 bits per heavy atom. The maximum absolute atomic E-state index is 13.1. The standard InChI is InChI=1S/C22H28N6O3/c1-4-10-26-20-19(21(29)27(11-5-2)22(26)30)23-15-28(20)17-12-24-25(14-17)13-16-8-6-7-9-18(16)31-3/h6-9,12,14,23H,4-5,10-11,13,15H2,1-3H3. The Balaban J connectivity index is 1.72. The molecule has 2 aromatic heterocycles. The highest BCUT2D eigenvalue weighted by Crippen LogP contribution is 2.33. The first-order valence-corrected chi connectivity index (χ1v) is 10.6. The van der Waals surface area contributed by atoms with Gasteiger partial charge in [0.05, 0.1) is 32.2 Å². The molecule has 0 radical (unpaired) electrons. The first kappa shape index (κ1) is 20.8. The molecular weight excluding hydrogens is 396 g/mol. The number of fused-ring (bicyclic) bond motifs is 1. The van der Waals surface area contributed by atoms with Gasteiger partial charge in [-0.2, -0.15) is 5.10 Å². The molecule has 0 atom stereocenters. The summed E-state index contributed by atoms with van der Waals surface area (Å²) in [5, 5.41) is 7.69. The van der Waals surface area contributed by atoms with Gasteiger partial charge in [-0.05, 0) is 18.9 Å². The van der Waals surface area contributed by atoms with Crippen molar-refractivity contribution in [3.8, 4) is 5.75 Å². The van der Waals surface area contributed by atoms with Crippen LogP contribution in [0.2, 0.25) is 0 Å². The molecule has 0 amide bonds. The molecule has 9 heteroatoms. The fourth-order valence-corrected chi connectivity index (χ4v) is 4.00. The molecule has 0 fully saturated rings. The van der Waals surface area contributed by atoms with E-state index in [0.717, 1.165) is 29.8 Å². The van der Waals surface area contributed by atoms with Crippen LogP contribution in [0.5, 0.6) is 5.75 Å². The molecule has 0 saturated carbocycles. The van der Waals surface area contributed by atoms with Crippen molar-refractivity contribution in [2.24, 2.45) is 0 Å². The number of anilines is 3. The van der Waals surface area contributed by atoms with Crippen molar-refractivity contribution in [2.45, 2.75) is 46.3 Å². The summed E-state index contributed by atoms with van der Waals surface area (Å²) in [6.07, 6.45) is 5.18. The van der Waals surface area contributed by atoms with Gasteiger partial charge in [-0.1, -0.05) is 32.0 Å². The zero-order chi connectivity index (χ0) is 22.0. The molecule has 0 spiro atoms. The van der Waals surface area contributed by atoms with Crippen LogP contribution in [0.4, 0.5) is 17.2 Å². The van der Waals surface area contributed by atoms with E-state index in [1.807, 2.05) is 53.9 Å². The van der Waals surface area contributed by atoms with Crippen molar-refractivity contribution >= 4 is 17.2 Å². The molecule has 0 bridgehead atoms. The van der Waals surface area contributed by atoms with Crippen molar-refractivity contribution in [1.29, 1.82) is 0 Å². The molecule has 31 heavy (non-hydrogen) atoms. The second kappa shape index (κ2) is 8.71. The third-order valence-electron chi connectivity index (χ3n) is 5.42. The number of nitrogens with one attached hydrogen (secondary N) is 1. The molecule has 1 aliphatic heterocycles. The van der Waals surface area contributed by atoms with Crippen LogP contribution >= 0.6 is 0 Å². The Morgan fingerprint density at radius 3 is 2.58 bits per heavy atom. The third-order valence-corrected chi connectivity index (χ3v) is 5.42. The average molecular weight is 425 g/mol. The molecule has 164 valence electrons. The van der Waals surface area contributed by atoms with Gasteiger partial charge in [-0.3, -0.25) is 18.6 Å². The first-order valence-electron chi connectivity index (χ1n) is 10.6. The Labute approximate surface area is 180 Å². The smallest absolute Gasteiger partial charge is 0.332 e. The van der Waals surface area contributed by atoms with Crippen LogP contribution in [-0.2, 0) is 19.6 Å². The Hall–Kier alpha value is -3.49. The quantitative estimate of drug-likeness (QED) is 0.598. The summed E-state index contributed by atoms with van der Waals surface area (Å²) < 4.78 is 10.3. The fraction of sp³-hybridized carbons (Fsp3) is 0.409. The number of nitrogens with zero attached hydrogens (tertiary/aromatic N) is 5. The third kappa shape index (κ3) is 3.71. The monoisotopic (exact) mass is 424 g/mol. The van der Waals surface area contributed by atoms with Gasteiger partial charge in [0.25, 0.3) is 5.56 Å². The highest BCUT2D eigenvalue weighted by Gasteiger charge is 2.30. The summed E-state index contributed by atoms with van der Waals surface area (Å²) in [6.45, 7) is 5.89. The lowest BCUT2D eigenvalue weighted by atomic mass is 10.2. The lowest BCUT2D eigenvalue weighted by molar-refractivity contribution is 0.407. The highest BCUT2D eigenvalue weighted by molar-refractivity contribution is 5.77. The number of hydrogen-bond acceptors (Lipinski definition) is 6. The summed E-state index contributed by atoms with van der Waals surface area (Å²) in [6, 6.07) is 7.82. The van der Waals surface area contributed by atoms with Crippen molar-refractivity contribution in [3.63, 3.8) is 0 Å². The van der Waals surface area contributed by atoms with Gasteiger partial charge < -0.3 is 15.0 Å². The van der Waals surface area contributed by atoms with Gasteiger partial charge in [0, 0.05) is 24.8 Å². The van der Waals surface area contributed by atoms with Crippen LogP contribution in [-0.4, -0.2) is 32.7 Å². The molecular formula is C22H28N6O3. The lowest BCUT2D eigenvalue weighted by Gasteiger charge is -2.20. The van der Waals surface area contributed by atoms with E-state index >= 15 is 0 Å². The number of para-hydroxylation sites is 1. The van der Waals surface area contributed by atoms with Crippen molar-refractivity contribution in [3.05, 3.63) is 63.1 Å². The van der Waals surface area contributed by atoms with Crippen LogP contribution in [0, 0.1) is 0 Å².